The van der Waals surface area contributed by atoms with Crippen LogP contribution in [0.5, 0.6) is 0 Å². The van der Waals surface area contributed by atoms with E-state index in [1.54, 1.807) is 25.3 Å². The van der Waals surface area contributed by atoms with Gasteiger partial charge in [0.15, 0.2) is 0 Å². The van der Waals surface area contributed by atoms with E-state index in [-0.39, 0.29) is 5.91 Å². The van der Waals surface area contributed by atoms with Gasteiger partial charge >= 0.3 is 0 Å². The quantitative estimate of drug-likeness (QED) is 0.747. The molecule has 0 aliphatic rings. The zero-order chi connectivity index (χ0) is 16.8. The Morgan fingerprint density at radius 3 is 2.75 bits per heavy atom. The number of carbonyl (C=O) groups excluding carboxylic acids is 1. The average molecular weight is 323 g/mol. The van der Waals surface area contributed by atoms with Gasteiger partial charge in [-0.25, -0.2) is 4.68 Å². The topological polar surface area (TPSA) is 81.9 Å². The molecule has 3 aromatic rings. The molecule has 3 rings (SSSR count). The van der Waals surface area contributed by atoms with E-state index >= 15 is 0 Å². The van der Waals surface area contributed by atoms with Crippen molar-refractivity contribution in [1.82, 2.24) is 25.5 Å². The highest BCUT2D eigenvalue weighted by atomic mass is 16.5. The highest BCUT2D eigenvalue weighted by Gasteiger charge is 2.09. The van der Waals surface area contributed by atoms with Crippen LogP contribution in [0.2, 0.25) is 0 Å². The Balaban J connectivity index is 1.71. The minimum atomic E-state index is -0.155. The van der Waals surface area contributed by atoms with E-state index in [4.69, 9.17) is 4.74 Å². The molecule has 122 valence electrons. The number of hydrogen-bond acceptors (Lipinski definition) is 5. The number of methoxy groups -OCH3 is 1. The first kappa shape index (κ1) is 15.8. The first-order chi connectivity index (χ1) is 11.8. The fourth-order valence-electron chi connectivity index (χ4n) is 2.37. The van der Waals surface area contributed by atoms with Crippen LogP contribution in [0.25, 0.3) is 5.69 Å². The Labute approximate surface area is 139 Å². The van der Waals surface area contributed by atoms with Crippen LogP contribution < -0.4 is 5.32 Å². The normalized spacial score (nSPS) is 10.5. The molecular weight excluding hydrogens is 306 g/mol. The van der Waals surface area contributed by atoms with Crippen LogP contribution in [-0.2, 0) is 17.9 Å². The molecule has 0 aliphatic heterocycles. The van der Waals surface area contributed by atoms with E-state index in [1.807, 2.05) is 30.3 Å². The predicted octanol–water partition coefficient (Wildman–Crippen LogP) is 1.74. The zero-order valence-corrected chi connectivity index (χ0v) is 13.2. The van der Waals surface area contributed by atoms with E-state index in [9.17, 15) is 4.79 Å². The molecule has 0 atom stereocenters. The summed E-state index contributed by atoms with van der Waals surface area (Å²) in [6.45, 7) is 0.953. The zero-order valence-electron chi connectivity index (χ0n) is 13.2. The molecule has 0 bridgehead atoms. The lowest BCUT2D eigenvalue weighted by atomic mass is 10.1. The van der Waals surface area contributed by atoms with Gasteiger partial charge < -0.3 is 10.1 Å². The highest BCUT2D eigenvalue weighted by molar-refractivity contribution is 5.94. The summed E-state index contributed by atoms with van der Waals surface area (Å²) in [4.78, 5) is 12.4. The van der Waals surface area contributed by atoms with Gasteiger partial charge in [0.05, 0.1) is 12.3 Å². The van der Waals surface area contributed by atoms with Crippen molar-refractivity contribution in [2.45, 2.75) is 13.2 Å². The molecule has 1 heterocycles. The van der Waals surface area contributed by atoms with Crippen LogP contribution >= 0.6 is 0 Å². The van der Waals surface area contributed by atoms with Gasteiger partial charge in [0.25, 0.3) is 5.91 Å². The summed E-state index contributed by atoms with van der Waals surface area (Å²) in [6, 6.07) is 15.0. The number of benzene rings is 2. The molecule has 0 saturated heterocycles. The van der Waals surface area contributed by atoms with Crippen molar-refractivity contribution in [3.63, 3.8) is 0 Å². The van der Waals surface area contributed by atoms with Gasteiger partial charge in [0.1, 0.15) is 6.33 Å². The van der Waals surface area contributed by atoms with Gasteiger partial charge in [-0.15, -0.1) is 5.10 Å². The molecule has 0 aliphatic carbocycles. The molecule has 0 fully saturated rings. The van der Waals surface area contributed by atoms with E-state index in [0.29, 0.717) is 18.7 Å². The second-order valence-electron chi connectivity index (χ2n) is 5.19. The predicted molar refractivity (Wildman–Crippen MR) is 87.5 cm³/mol. The van der Waals surface area contributed by atoms with Crippen molar-refractivity contribution in [3.8, 4) is 5.69 Å². The number of amides is 1. The molecule has 0 radical (unpaired) electrons. The van der Waals surface area contributed by atoms with Crippen LogP contribution in [-0.4, -0.2) is 33.2 Å². The number of hydrogen-bond donors (Lipinski definition) is 1. The summed E-state index contributed by atoms with van der Waals surface area (Å²) in [7, 11) is 1.65. The highest BCUT2D eigenvalue weighted by Crippen LogP contribution is 2.11. The molecule has 1 amide bonds. The van der Waals surface area contributed by atoms with Crippen molar-refractivity contribution in [1.29, 1.82) is 0 Å². The summed E-state index contributed by atoms with van der Waals surface area (Å²) in [6.07, 6.45) is 1.48. The molecule has 2 aromatic carbocycles. The van der Waals surface area contributed by atoms with Gasteiger partial charge in [-0.2, -0.15) is 0 Å². The van der Waals surface area contributed by atoms with E-state index in [1.165, 1.54) is 11.0 Å². The maximum absolute atomic E-state index is 12.4. The van der Waals surface area contributed by atoms with Gasteiger partial charge in [-0.3, -0.25) is 4.79 Å². The van der Waals surface area contributed by atoms with Crippen LogP contribution in [0.1, 0.15) is 21.5 Å². The van der Waals surface area contributed by atoms with Crippen molar-refractivity contribution in [3.05, 3.63) is 71.5 Å². The monoisotopic (exact) mass is 323 g/mol. The first-order valence-corrected chi connectivity index (χ1v) is 7.45. The lowest BCUT2D eigenvalue weighted by Crippen LogP contribution is -2.23. The largest absolute Gasteiger partial charge is 0.380 e. The standard InChI is InChI=1S/C17H17N5O2/c1-24-11-15-6-3-2-5-14(15)10-18-17(23)13-7-4-8-16(9-13)22-12-19-20-21-22/h2-9,12H,10-11H2,1H3,(H,18,23). The van der Waals surface area contributed by atoms with E-state index in [2.05, 4.69) is 20.8 Å². The van der Waals surface area contributed by atoms with Gasteiger partial charge in [-0.1, -0.05) is 30.3 Å². The number of tetrazole rings is 1. The number of ether oxygens (including phenoxy) is 1. The average Bonchev–Trinajstić information content (AvgIpc) is 3.16. The second kappa shape index (κ2) is 7.47. The lowest BCUT2D eigenvalue weighted by Gasteiger charge is -2.10. The molecule has 7 heteroatoms. The summed E-state index contributed by atoms with van der Waals surface area (Å²) < 4.78 is 6.69. The lowest BCUT2D eigenvalue weighted by molar-refractivity contribution is 0.0950. The van der Waals surface area contributed by atoms with Gasteiger partial charge in [0, 0.05) is 19.2 Å². The molecule has 24 heavy (non-hydrogen) atoms. The van der Waals surface area contributed by atoms with Crippen LogP contribution in [0, 0.1) is 0 Å². The number of nitrogens with zero attached hydrogens (tertiary/aromatic N) is 4. The third-order valence-corrected chi connectivity index (χ3v) is 3.58. The maximum Gasteiger partial charge on any atom is 0.251 e. The Hall–Kier alpha value is -3.06. The number of nitrogens with one attached hydrogen (secondary N) is 1. The number of rotatable bonds is 6. The maximum atomic E-state index is 12.4. The SMILES string of the molecule is COCc1ccccc1CNC(=O)c1cccc(-n2cnnn2)c1. The minimum Gasteiger partial charge on any atom is -0.380 e. The van der Waals surface area contributed by atoms with Crippen molar-refractivity contribution < 1.29 is 9.53 Å². The summed E-state index contributed by atoms with van der Waals surface area (Å²) in [5.74, 6) is -0.155. The molecule has 1 aromatic heterocycles. The third kappa shape index (κ3) is 3.64. The number of carbonyl (C=O) groups is 1. The minimum absolute atomic E-state index is 0.155. The molecular formula is C17H17N5O2. The number of aromatic nitrogens is 4. The van der Waals surface area contributed by atoms with Crippen molar-refractivity contribution >= 4 is 5.91 Å². The van der Waals surface area contributed by atoms with Crippen molar-refractivity contribution in [2.75, 3.05) is 7.11 Å². The van der Waals surface area contributed by atoms with Crippen LogP contribution in [0.15, 0.2) is 54.9 Å². The smallest absolute Gasteiger partial charge is 0.251 e. The van der Waals surface area contributed by atoms with Gasteiger partial charge in [-0.05, 0) is 39.8 Å². The van der Waals surface area contributed by atoms with Gasteiger partial charge in [0.2, 0.25) is 0 Å². The third-order valence-electron chi connectivity index (χ3n) is 3.58. The Morgan fingerprint density at radius 2 is 2.00 bits per heavy atom. The Kier molecular flexibility index (Phi) is 4.93. The fourth-order valence-corrected chi connectivity index (χ4v) is 2.37. The van der Waals surface area contributed by atoms with E-state index in [0.717, 1.165) is 16.8 Å². The van der Waals surface area contributed by atoms with Crippen molar-refractivity contribution in [2.24, 2.45) is 0 Å². The molecule has 7 nitrogen and oxygen atoms in total. The second-order valence-corrected chi connectivity index (χ2v) is 5.19. The first-order valence-electron chi connectivity index (χ1n) is 7.45. The van der Waals surface area contributed by atoms with Crippen LogP contribution in [0.4, 0.5) is 0 Å². The fraction of sp³-hybridized carbons (Fsp3) is 0.176. The molecule has 0 spiro atoms. The van der Waals surface area contributed by atoms with E-state index < -0.39 is 0 Å². The Bertz CT molecular complexity index is 817. The molecule has 1 N–H and O–H groups in total. The molecule has 0 unspecified atom stereocenters. The summed E-state index contributed by atoms with van der Waals surface area (Å²) >= 11 is 0. The molecule has 0 saturated carbocycles. The Morgan fingerprint density at radius 1 is 1.17 bits per heavy atom. The summed E-state index contributed by atoms with van der Waals surface area (Å²) in [5.41, 5.74) is 3.37. The summed E-state index contributed by atoms with van der Waals surface area (Å²) in [5, 5.41) is 13.9. The van der Waals surface area contributed by atoms with Crippen LogP contribution in [0.3, 0.4) is 0 Å².